The van der Waals surface area contributed by atoms with Crippen LogP contribution < -0.4 is 10.1 Å². The Kier molecular flexibility index (Phi) is 5.31. The second-order valence-corrected chi connectivity index (χ2v) is 8.07. The normalized spacial score (nSPS) is 10.9. The van der Waals surface area contributed by atoms with E-state index >= 15 is 0 Å². The summed E-state index contributed by atoms with van der Waals surface area (Å²) in [6.45, 7) is 1.97. The van der Waals surface area contributed by atoms with Gasteiger partial charge >= 0.3 is 0 Å². The van der Waals surface area contributed by atoms with Crippen molar-refractivity contribution in [2.75, 3.05) is 12.4 Å². The number of amides is 1. The summed E-state index contributed by atoms with van der Waals surface area (Å²) in [5.41, 5.74) is 3.11. The average Bonchev–Trinajstić information content (AvgIpc) is 3.30. The first-order valence-electron chi connectivity index (χ1n) is 8.51. The number of hydrogen-bond donors (Lipinski definition) is 1. The molecule has 0 aliphatic carbocycles. The summed E-state index contributed by atoms with van der Waals surface area (Å²) in [7, 11) is 1.54. The number of fused-ring (bicyclic) bond motifs is 1. The van der Waals surface area contributed by atoms with Crippen LogP contribution in [0.2, 0.25) is 0 Å². The fourth-order valence-electron chi connectivity index (χ4n) is 2.72. The van der Waals surface area contributed by atoms with Gasteiger partial charge in [0, 0.05) is 33.8 Å². The molecule has 4 rings (SSSR count). The smallest absolute Gasteiger partial charge is 0.291 e. The third-order valence-electron chi connectivity index (χ3n) is 4.05. The summed E-state index contributed by atoms with van der Waals surface area (Å²) >= 11 is 3.19. The minimum absolute atomic E-state index is 0.304. The van der Waals surface area contributed by atoms with Gasteiger partial charge in [0.1, 0.15) is 9.92 Å². The van der Waals surface area contributed by atoms with Crippen LogP contribution in [0.5, 0.6) is 5.88 Å². The molecule has 1 N–H and O–H groups in total. The molecule has 0 saturated heterocycles. The lowest BCUT2D eigenvalue weighted by Gasteiger charge is -2.06. The van der Waals surface area contributed by atoms with E-state index in [1.54, 1.807) is 48.5 Å². The van der Waals surface area contributed by atoms with E-state index < -0.39 is 0 Å². The molecule has 28 heavy (non-hydrogen) atoms. The number of nitrogens with zero attached hydrogens (tertiary/aromatic N) is 2. The number of rotatable bonds is 6. The molecule has 3 aromatic heterocycles. The van der Waals surface area contributed by atoms with Crippen molar-refractivity contribution in [3.63, 3.8) is 0 Å². The van der Waals surface area contributed by atoms with Gasteiger partial charge in [-0.25, -0.2) is 9.97 Å². The predicted molar refractivity (Wildman–Crippen MR) is 111 cm³/mol. The monoisotopic (exact) mass is 411 g/mol. The molecule has 8 heteroatoms. The number of thioether (sulfide) groups is 1. The van der Waals surface area contributed by atoms with Crippen LogP contribution in [-0.4, -0.2) is 23.0 Å². The quantitative estimate of drug-likeness (QED) is 0.442. The Morgan fingerprint density at radius 2 is 2.14 bits per heavy atom. The topological polar surface area (TPSA) is 77.2 Å². The number of carbonyl (C=O) groups excluding carboxylic acids is 1. The van der Waals surface area contributed by atoms with E-state index in [9.17, 15) is 4.79 Å². The van der Waals surface area contributed by atoms with Crippen LogP contribution >= 0.6 is 23.1 Å². The number of methoxy groups -OCH3 is 1. The SMILES string of the molecule is COc1ccc(NC(=O)c2oc3ccccc3c2CSc2nc(C)cs2)cn1. The maximum absolute atomic E-state index is 12.9. The zero-order valence-electron chi connectivity index (χ0n) is 15.3. The van der Waals surface area contributed by atoms with E-state index in [2.05, 4.69) is 15.3 Å². The number of furan rings is 1. The molecule has 0 radical (unpaired) electrons. The van der Waals surface area contributed by atoms with Crippen LogP contribution in [0.4, 0.5) is 5.69 Å². The lowest BCUT2D eigenvalue weighted by molar-refractivity contribution is 0.0997. The van der Waals surface area contributed by atoms with Crippen LogP contribution in [0.15, 0.2) is 56.7 Å². The number of aryl methyl sites for hydroxylation is 1. The van der Waals surface area contributed by atoms with Crippen molar-refractivity contribution in [1.82, 2.24) is 9.97 Å². The standard InChI is InChI=1S/C20H17N3O3S2/c1-12-10-27-20(22-12)28-11-15-14-5-3-4-6-16(14)26-18(15)19(24)23-13-7-8-17(25-2)21-9-13/h3-10H,11H2,1-2H3,(H,23,24). The zero-order valence-corrected chi connectivity index (χ0v) is 16.9. The van der Waals surface area contributed by atoms with Crippen molar-refractivity contribution in [3.05, 3.63) is 65.0 Å². The number of hydrogen-bond acceptors (Lipinski definition) is 7. The number of anilines is 1. The van der Waals surface area contributed by atoms with E-state index in [-0.39, 0.29) is 5.91 Å². The molecule has 6 nitrogen and oxygen atoms in total. The molecule has 142 valence electrons. The van der Waals surface area contributed by atoms with Crippen molar-refractivity contribution in [2.45, 2.75) is 17.0 Å². The molecule has 0 spiro atoms. The van der Waals surface area contributed by atoms with Crippen LogP contribution in [0, 0.1) is 6.92 Å². The lowest BCUT2D eigenvalue weighted by Crippen LogP contribution is -2.13. The van der Waals surface area contributed by atoms with Gasteiger partial charge in [0.25, 0.3) is 5.91 Å². The Balaban J connectivity index is 1.61. The molecule has 0 atom stereocenters. The number of pyridine rings is 1. The first kappa shape index (κ1) is 18.5. The van der Waals surface area contributed by atoms with E-state index in [4.69, 9.17) is 9.15 Å². The highest BCUT2D eigenvalue weighted by atomic mass is 32.2. The lowest BCUT2D eigenvalue weighted by atomic mass is 10.1. The fourth-order valence-corrected chi connectivity index (χ4v) is 4.60. The number of benzene rings is 1. The Labute approximate surface area is 170 Å². The molecule has 0 unspecified atom stereocenters. The van der Waals surface area contributed by atoms with Crippen LogP contribution in [0.3, 0.4) is 0 Å². The van der Waals surface area contributed by atoms with E-state index in [1.165, 1.54) is 0 Å². The van der Waals surface area contributed by atoms with Gasteiger partial charge in [-0.05, 0) is 19.1 Å². The molecule has 0 saturated carbocycles. The number of ether oxygens (including phenoxy) is 1. The summed E-state index contributed by atoms with van der Waals surface area (Å²) in [5.74, 6) is 1.07. The molecule has 4 aromatic rings. The Hall–Kier alpha value is -2.84. The van der Waals surface area contributed by atoms with Crippen LogP contribution in [0.25, 0.3) is 11.0 Å². The van der Waals surface area contributed by atoms with E-state index in [0.717, 1.165) is 21.0 Å². The van der Waals surface area contributed by atoms with Gasteiger partial charge in [0.15, 0.2) is 5.76 Å². The largest absolute Gasteiger partial charge is 0.481 e. The molecule has 1 aromatic carbocycles. The zero-order chi connectivity index (χ0) is 19.5. The van der Waals surface area contributed by atoms with Gasteiger partial charge in [-0.1, -0.05) is 30.0 Å². The van der Waals surface area contributed by atoms with Crippen LogP contribution in [-0.2, 0) is 5.75 Å². The molecule has 0 aliphatic rings. The summed E-state index contributed by atoms with van der Waals surface area (Å²) in [6.07, 6.45) is 1.55. The number of thiazole rings is 1. The molecule has 0 aliphatic heterocycles. The molecule has 1 amide bonds. The van der Waals surface area contributed by atoms with Crippen molar-refractivity contribution >= 4 is 45.7 Å². The van der Waals surface area contributed by atoms with Gasteiger partial charge in [0.05, 0.1) is 19.0 Å². The highest BCUT2D eigenvalue weighted by Crippen LogP contribution is 2.33. The Bertz CT molecular complexity index is 1120. The Morgan fingerprint density at radius 1 is 1.29 bits per heavy atom. The summed E-state index contributed by atoms with van der Waals surface area (Å²) < 4.78 is 11.9. The third kappa shape index (κ3) is 3.88. The summed E-state index contributed by atoms with van der Waals surface area (Å²) in [5, 5.41) is 5.79. The molecular formula is C20H17N3O3S2. The first-order valence-corrected chi connectivity index (χ1v) is 10.4. The molecule has 3 heterocycles. The van der Waals surface area contributed by atoms with Crippen molar-refractivity contribution in [3.8, 4) is 5.88 Å². The first-order chi connectivity index (χ1) is 13.6. The van der Waals surface area contributed by atoms with E-state index in [0.29, 0.717) is 28.7 Å². The fraction of sp³-hybridized carbons (Fsp3) is 0.150. The van der Waals surface area contributed by atoms with E-state index in [1.807, 2.05) is 36.6 Å². The second kappa shape index (κ2) is 8.04. The average molecular weight is 412 g/mol. The Morgan fingerprint density at radius 3 is 2.86 bits per heavy atom. The van der Waals surface area contributed by atoms with Gasteiger partial charge in [-0.15, -0.1) is 11.3 Å². The number of nitrogens with one attached hydrogen (secondary N) is 1. The summed E-state index contributed by atoms with van der Waals surface area (Å²) in [6, 6.07) is 11.1. The molecular weight excluding hydrogens is 394 g/mol. The number of carbonyl (C=O) groups is 1. The van der Waals surface area contributed by atoms with Gasteiger partial charge in [0.2, 0.25) is 5.88 Å². The molecule has 0 fully saturated rings. The van der Waals surface area contributed by atoms with Gasteiger partial charge < -0.3 is 14.5 Å². The van der Waals surface area contributed by atoms with Crippen molar-refractivity contribution < 1.29 is 13.9 Å². The predicted octanol–water partition coefficient (Wildman–Crippen LogP) is 5.15. The van der Waals surface area contributed by atoms with Crippen LogP contribution in [0.1, 0.15) is 21.8 Å². The minimum Gasteiger partial charge on any atom is -0.481 e. The maximum atomic E-state index is 12.9. The highest BCUT2D eigenvalue weighted by Gasteiger charge is 2.21. The third-order valence-corrected chi connectivity index (χ3v) is 6.21. The van der Waals surface area contributed by atoms with Crippen molar-refractivity contribution in [1.29, 1.82) is 0 Å². The summed E-state index contributed by atoms with van der Waals surface area (Å²) in [4.78, 5) is 21.5. The highest BCUT2D eigenvalue weighted by molar-refractivity contribution is 8.00. The minimum atomic E-state index is -0.311. The van der Waals surface area contributed by atoms with Crippen molar-refractivity contribution in [2.24, 2.45) is 0 Å². The number of para-hydroxylation sites is 1. The maximum Gasteiger partial charge on any atom is 0.291 e. The van der Waals surface area contributed by atoms with Gasteiger partial charge in [-0.3, -0.25) is 4.79 Å². The second-order valence-electron chi connectivity index (χ2n) is 5.99. The van der Waals surface area contributed by atoms with Gasteiger partial charge in [-0.2, -0.15) is 0 Å². The molecule has 0 bridgehead atoms. The number of aromatic nitrogens is 2.